The summed E-state index contributed by atoms with van der Waals surface area (Å²) in [6, 6.07) is 12.4. The van der Waals surface area contributed by atoms with Crippen molar-refractivity contribution in [3.8, 4) is 5.75 Å². The van der Waals surface area contributed by atoms with Gasteiger partial charge in [0, 0.05) is 18.5 Å². The van der Waals surface area contributed by atoms with Gasteiger partial charge in [0.2, 0.25) is 5.91 Å². The molecular weight excluding hydrogens is 444 g/mol. The summed E-state index contributed by atoms with van der Waals surface area (Å²) in [5.41, 5.74) is 0.00841. The van der Waals surface area contributed by atoms with Crippen LogP contribution < -0.4 is 20.7 Å². The highest BCUT2D eigenvalue weighted by atomic mass is 16.6. The lowest BCUT2D eigenvalue weighted by Crippen LogP contribution is -2.42. The van der Waals surface area contributed by atoms with E-state index in [2.05, 4.69) is 16.0 Å². The number of amides is 5. The Morgan fingerprint density at radius 1 is 1.00 bits per heavy atom. The van der Waals surface area contributed by atoms with Crippen LogP contribution in [0, 0.1) is 0 Å². The van der Waals surface area contributed by atoms with Gasteiger partial charge in [-0.25, -0.2) is 9.59 Å². The summed E-state index contributed by atoms with van der Waals surface area (Å²) in [7, 11) is 3.02. The third-order valence-corrected chi connectivity index (χ3v) is 5.16. The Hall–Kier alpha value is -4.12. The van der Waals surface area contributed by atoms with Gasteiger partial charge in [-0.2, -0.15) is 0 Å². The van der Waals surface area contributed by atoms with Crippen LogP contribution in [-0.4, -0.2) is 62.8 Å². The summed E-state index contributed by atoms with van der Waals surface area (Å²) in [5, 5.41) is 7.80. The van der Waals surface area contributed by atoms with E-state index in [4.69, 9.17) is 14.2 Å². The fraction of sp³-hybridized carbons (Fsp3) is 0.304. The predicted molar refractivity (Wildman–Crippen MR) is 123 cm³/mol. The molecule has 1 aliphatic rings. The van der Waals surface area contributed by atoms with Gasteiger partial charge in [-0.3, -0.25) is 19.8 Å². The predicted octanol–water partition coefficient (Wildman–Crippen LogP) is 2.30. The molecule has 0 bridgehead atoms. The molecule has 1 saturated heterocycles. The maximum absolute atomic E-state index is 13.0. The third kappa shape index (κ3) is 5.62. The molecule has 2 aromatic carbocycles. The van der Waals surface area contributed by atoms with Gasteiger partial charge < -0.3 is 24.8 Å². The number of rotatable bonds is 9. The minimum atomic E-state index is -1.31. The van der Waals surface area contributed by atoms with Gasteiger partial charge in [-0.15, -0.1) is 0 Å². The molecule has 3 rings (SSSR count). The zero-order chi connectivity index (χ0) is 24.7. The van der Waals surface area contributed by atoms with Gasteiger partial charge >= 0.3 is 12.1 Å². The first-order chi connectivity index (χ1) is 16.3. The van der Waals surface area contributed by atoms with Crippen LogP contribution in [-0.2, 0) is 24.6 Å². The van der Waals surface area contributed by atoms with Gasteiger partial charge in [0.25, 0.3) is 5.91 Å². The van der Waals surface area contributed by atoms with Crippen molar-refractivity contribution in [1.29, 1.82) is 0 Å². The van der Waals surface area contributed by atoms with E-state index in [1.807, 2.05) is 0 Å². The van der Waals surface area contributed by atoms with Crippen LogP contribution in [0.4, 0.5) is 21.0 Å². The van der Waals surface area contributed by atoms with Crippen LogP contribution in [0.2, 0.25) is 0 Å². The van der Waals surface area contributed by atoms with Crippen molar-refractivity contribution in [3.05, 3.63) is 54.1 Å². The van der Waals surface area contributed by atoms with E-state index in [9.17, 15) is 19.2 Å². The number of ether oxygens (including phenoxy) is 3. The lowest BCUT2D eigenvalue weighted by Gasteiger charge is -2.22. The molecule has 1 aliphatic heterocycles. The number of imide groups is 1. The van der Waals surface area contributed by atoms with Gasteiger partial charge in [0.05, 0.1) is 13.7 Å². The van der Waals surface area contributed by atoms with Gasteiger partial charge in [-0.1, -0.05) is 18.2 Å². The van der Waals surface area contributed by atoms with Gasteiger partial charge in [-0.05, 0) is 42.8 Å². The Balaban J connectivity index is 1.62. The van der Waals surface area contributed by atoms with Crippen LogP contribution in [0.1, 0.15) is 12.5 Å². The standard InChI is InChI=1S/C23H26N4O7/c1-23(15-7-9-18(33-3)10-8-15)20(29)27(21(30)26-23)14-19(28)24-16-5-4-6-17(13-16)25-22(31)34-12-11-32-2/h4-10,13H,11-12,14H2,1-3H3,(H,24,28)(H,25,31)(H,26,30). The highest BCUT2D eigenvalue weighted by Gasteiger charge is 2.49. The lowest BCUT2D eigenvalue weighted by molar-refractivity contribution is -0.133. The van der Waals surface area contributed by atoms with Crippen molar-refractivity contribution in [1.82, 2.24) is 10.2 Å². The zero-order valence-electron chi connectivity index (χ0n) is 19.0. The maximum Gasteiger partial charge on any atom is 0.411 e. The van der Waals surface area contributed by atoms with Crippen LogP contribution >= 0.6 is 0 Å². The molecule has 0 aliphatic carbocycles. The van der Waals surface area contributed by atoms with Crippen molar-refractivity contribution < 1.29 is 33.4 Å². The maximum atomic E-state index is 13.0. The van der Waals surface area contributed by atoms with E-state index in [1.165, 1.54) is 20.3 Å². The van der Waals surface area contributed by atoms with Gasteiger partial charge in [0.15, 0.2) is 0 Å². The third-order valence-electron chi connectivity index (χ3n) is 5.16. The summed E-state index contributed by atoms with van der Waals surface area (Å²) >= 11 is 0. The second-order valence-corrected chi connectivity index (χ2v) is 7.56. The average Bonchev–Trinajstić information content (AvgIpc) is 3.03. The molecule has 5 amide bonds. The SMILES string of the molecule is COCCOC(=O)Nc1cccc(NC(=O)CN2C(=O)NC(C)(c3ccc(OC)cc3)C2=O)c1. The summed E-state index contributed by atoms with van der Waals surface area (Å²) in [6.45, 7) is 1.46. The van der Waals surface area contributed by atoms with Crippen LogP contribution in [0.5, 0.6) is 5.75 Å². The molecule has 1 fully saturated rings. The summed E-state index contributed by atoms with van der Waals surface area (Å²) in [4.78, 5) is 50.7. The number of benzene rings is 2. The summed E-state index contributed by atoms with van der Waals surface area (Å²) < 4.78 is 14.9. The van der Waals surface area contributed by atoms with Crippen LogP contribution in [0.3, 0.4) is 0 Å². The topological polar surface area (TPSA) is 135 Å². The van der Waals surface area contributed by atoms with Crippen LogP contribution in [0.25, 0.3) is 0 Å². The molecule has 11 nitrogen and oxygen atoms in total. The molecule has 1 atom stereocenters. The number of hydrogen-bond donors (Lipinski definition) is 3. The Morgan fingerprint density at radius 2 is 1.68 bits per heavy atom. The molecule has 3 N–H and O–H groups in total. The number of nitrogens with one attached hydrogen (secondary N) is 3. The Kier molecular flexibility index (Phi) is 7.69. The van der Waals surface area contributed by atoms with E-state index < -0.39 is 36.0 Å². The number of carbonyl (C=O) groups is 4. The van der Waals surface area contributed by atoms with Crippen molar-refractivity contribution in [3.63, 3.8) is 0 Å². The Labute approximate surface area is 196 Å². The Bertz CT molecular complexity index is 1070. The van der Waals surface area contributed by atoms with E-state index >= 15 is 0 Å². The first-order valence-electron chi connectivity index (χ1n) is 10.4. The van der Waals surface area contributed by atoms with Crippen molar-refractivity contribution >= 4 is 35.3 Å². The summed E-state index contributed by atoms with van der Waals surface area (Å²) in [5.74, 6) is -0.519. The average molecular weight is 470 g/mol. The monoisotopic (exact) mass is 470 g/mol. The summed E-state index contributed by atoms with van der Waals surface area (Å²) in [6.07, 6.45) is -0.669. The number of carbonyl (C=O) groups excluding carboxylic acids is 4. The van der Waals surface area contributed by atoms with E-state index in [0.717, 1.165) is 4.90 Å². The minimum Gasteiger partial charge on any atom is -0.497 e. The number of anilines is 2. The quantitative estimate of drug-likeness (QED) is 0.378. The molecule has 0 spiro atoms. The largest absolute Gasteiger partial charge is 0.497 e. The number of methoxy groups -OCH3 is 2. The first-order valence-corrected chi connectivity index (χ1v) is 10.4. The molecule has 0 radical (unpaired) electrons. The highest BCUT2D eigenvalue weighted by molar-refractivity contribution is 6.10. The molecule has 1 heterocycles. The van der Waals surface area contributed by atoms with Gasteiger partial charge in [0.1, 0.15) is 24.4 Å². The Morgan fingerprint density at radius 3 is 2.32 bits per heavy atom. The number of nitrogens with zero attached hydrogens (tertiary/aromatic N) is 1. The van der Waals surface area contributed by atoms with E-state index in [0.29, 0.717) is 22.7 Å². The molecule has 0 saturated carbocycles. The second kappa shape index (κ2) is 10.7. The van der Waals surface area contributed by atoms with Crippen molar-refractivity contribution in [2.75, 3.05) is 44.6 Å². The van der Waals surface area contributed by atoms with E-state index in [1.54, 1.807) is 49.4 Å². The first kappa shape index (κ1) is 24.5. The van der Waals surface area contributed by atoms with E-state index in [-0.39, 0.29) is 13.2 Å². The smallest absolute Gasteiger partial charge is 0.411 e. The molecular formula is C23H26N4O7. The lowest BCUT2D eigenvalue weighted by atomic mass is 9.92. The number of hydrogen-bond acceptors (Lipinski definition) is 7. The molecule has 0 aromatic heterocycles. The van der Waals surface area contributed by atoms with Crippen molar-refractivity contribution in [2.24, 2.45) is 0 Å². The zero-order valence-corrected chi connectivity index (χ0v) is 19.0. The second-order valence-electron chi connectivity index (χ2n) is 7.56. The van der Waals surface area contributed by atoms with Crippen LogP contribution in [0.15, 0.2) is 48.5 Å². The number of urea groups is 1. The normalized spacial score (nSPS) is 17.2. The minimum absolute atomic E-state index is 0.0974. The molecule has 34 heavy (non-hydrogen) atoms. The highest BCUT2D eigenvalue weighted by Crippen LogP contribution is 2.30. The molecule has 11 heteroatoms. The molecule has 2 aromatic rings. The molecule has 1 unspecified atom stereocenters. The fourth-order valence-electron chi connectivity index (χ4n) is 3.35. The fourth-order valence-corrected chi connectivity index (χ4v) is 3.35. The van der Waals surface area contributed by atoms with Crippen molar-refractivity contribution in [2.45, 2.75) is 12.5 Å². The molecule has 180 valence electrons.